The summed E-state index contributed by atoms with van der Waals surface area (Å²) in [6, 6.07) is 6.47. The van der Waals surface area contributed by atoms with E-state index in [0.29, 0.717) is 0 Å². The summed E-state index contributed by atoms with van der Waals surface area (Å²) < 4.78 is 0. The van der Waals surface area contributed by atoms with Crippen molar-refractivity contribution >= 4 is 23.3 Å². The summed E-state index contributed by atoms with van der Waals surface area (Å²) in [5.41, 5.74) is 2.49. The molecule has 2 aromatic rings. The molecule has 0 aliphatic carbocycles. The summed E-state index contributed by atoms with van der Waals surface area (Å²) in [4.78, 5) is 12.9. The van der Waals surface area contributed by atoms with Crippen molar-refractivity contribution < 1.29 is 0 Å². The van der Waals surface area contributed by atoms with E-state index in [4.69, 9.17) is 0 Å². The molecule has 80 valence electrons. The van der Waals surface area contributed by atoms with Crippen LogP contribution in [0.4, 0.5) is 11.5 Å². The average molecular weight is 229 g/mol. The van der Waals surface area contributed by atoms with Crippen LogP contribution in [0.5, 0.6) is 0 Å². The lowest BCUT2D eigenvalue weighted by molar-refractivity contribution is 0.998. The van der Waals surface area contributed by atoms with Crippen LogP contribution in [0, 0.1) is 6.92 Å². The molecule has 1 aromatic heterocycles. The van der Waals surface area contributed by atoms with Gasteiger partial charge >= 0.3 is 0 Å². The molecule has 4 heteroatoms. The topological polar surface area (TPSA) is 29.0 Å². The van der Waals surface area contributed by atoms with Gasteiger partial charge in [0, 0.05) is 18.1 Å². The van der Waals surface area contributed by atoms with Crippen molar-refractivity contribution in [3.63, 3.8) is 0 Å². The van der Waals surface area contributed by atoms with Crippen molar-refractivity contribution in [1.82, 2.24) is 9.97 Å². The first-order valence-electron chi connectivity index (χ1n) is 5.08. The third-order valence-corrected chi connectivity index (χ3v) is 3.73. The van der Waals surface area contributed by atoms with Crippen molar-refractivity contribution in [3.8, 4) is 0 Å². The van der Waals surface area contributed by atoms with Crippen LogP contribution in [0.1, 0.15) is 5.56 Å². The first-order chi connectivity index (χ1) is 7.75. The van der Waals surface area contributed by atoms with Gasteiger partial charge in [-0.2, -0.15) is 0 Å². The van der Waals surface area contributed by atoms with Gasteiger partial charge in [0.15, 0.2) is 0 Å². The molecule has 0 saturated carbocycles. The Kier molecular flexibility index (Phi) is 2.11. The standard InChI is InChI=1S/C12H11N3S/c1-8-3-4-9-10(5-8)16-11-6-13-7-14-12(11)15(9)2/h3-7H,1-2H3. The van der Waals surface area contributed by atoms with E-state index in [2.05, 4.69) is 40.0 Å². The van der Waals surface area contributed by atoms with E-state index < -0.39 is 0 Å². The number of fused-ring (bicyclic) bond motifs is 2. The largest absolute Gasteiger partial charge is 0.327 e. The summed E-state index contributed by atoms with van der Waals surface area (Å²) in [6.07, 6.45) is 3.46. The van der Waals surface area contributed by atoms with Crippen LogP contribution in [0.15, 0.2) is 40.5 Å². The van der Waals surface area contributed by atoms with E-state index in [-0.39, 0.29) is 0 Å². The van der Waals surface area contributed by atoms with Crippen LogP contribution >= 0.6 is 11.8 Å². The normalized spacial score (nSPS) is 13.2. The highest BCUT2D eigenvalue weighted by Gasteiger charge is 2.21. The minimum absolute atomic E-state index is 0.983. The quantitative estimate of drug-likeness (QED) is 0.694. The highest BCUT2D eigenvalue weighted by molar-refractivity contribution is 7.99. The fraction of sp³-hybridized carbons (Fsp3) is 0.167. The monoisotopic (exact) mass is 229 g/mol. The van der Waals surface area contributed by atoms with Crippen LogP contribution < -0.4 is 4.90 Å². The molecule has 3 nitrogen and oxygen atoms in total. The van der Waals surface area contributed by atoms with E-state index in [1.165, 1.54) is 16.1 Å². The molecular formula is C12H11N3S. The maximum atomic E-state index is 4.32. The Morgan fingerprint density at radius 2 is 2.12 bits per heavy atom. The Morgan fingerprint density at radius 1 is 1.25 bits per heavy atom. The summed E-state index contributed by atoms with van der Waals surface area (Å²) in [7, 11) is 2.04. The van der Waals surface area contributed by atoms with Gasteiger partial charge in [-0.15, -0.1) is 0 Å². The van der Waals surface area contributed by atoms with Crippen LogP contribution in [0.25, 0.3) is 0 Å². The van der Waals surface area contributed by atoms with E-state index in [0.717, 1.165) is 10.7 Å². The second kappa shape index (κ2) is 3.49. The summed E-state index contributed by atoms with van der Waals surface area (Å²) >= 11 is 1.73. The third-order valence-electron chi connectivity index (χ3n) is 2.67. The van der Waals surface area contributed by atoms with Gasteiger partial charge in [0.1, 0.15) is 12.1 Å². The number of rotatable bonds is 0. The van der Waals surface area contributed by atoms with Crippen molar-refractivity contribution in [1.29, 1.82) is 0 Å². The number of aromatic nitrogens is 2. The molecule has 1 aliphatic heterocycles. The van der Waals surface area contributed by atoms with Gasteiger partial charge in [0.05, 0.1) is 10.6 Å². The number of hydrogen-bond acceptors (Lipinski definition) is 4. The predicted molar refractivity (Wildman–Crippen MR) is 65.4 cm³/mol. The Morgan fingerprint density at radius 3 is 3.00 bits per heavy atom. The molecule has 0 amide bonds. The highest BCUT2D eigenvalue weighted by Crippen LogP contribution is 2.45. The average Bonchev–Trinajstić information content (AvgIpc) is 2.29. The third kappa shape index (κ3) is 1.38. The first-order valence-corrected chi connectivity index (χ1v) is 5.89. The number of aryl methyl sites for hydroxylation is 1. The maximum Gasteiger partial charge on any atom is 0.150 e. The molecular weight excluding hydrogens is 218 g/mol. The van der Waals surface area contributed by atoms with E-state index in [9.17, 15) is 0 Å². The van der Waals surface area contributed by atoms with Crippen LogP contribution in [0.3, 0.4) is 0 Å². The summed E-state index contributed by atoms with van der Waals surface area (Å²) in [5, 5.41) is 0. The van der Waals surface area contributed by atoms with E-state index >= 15 is 0 Å². The van der Waals surface area contributed by atoms with Crippen molar-refractivity contribution in [2.24, 2.45) is 0 Å². The van der Waals surface area contributed by atoms with Gasteiger partial charge in [-0.05, 0) is 24.6 Å². The molecule has 1 aliphatic rings. The van der Waals surface area contributed by atoms with E-state index in [1.54, 1.807) is 18.1 Å². The Bertz CT molecular complexity index is 554. The molecule has 0 unspecified atom stereocenters. The lowest BCUT2D eigenvalue weighted by Gasteiger charge is -2.27. The van der Waals surface area contributed by atoms with Crippen molar-refractivity contribution in [3.05, 3.63) is 36.3 Å². The summed E-state index contributed by atoms with van der Waals surface area (Å²) in [5.74, 6) is 0.983. The van der Waals surface area contributed by atoms with Gasteiger partial charge in [-0.3, -0.25) is 0 Å². The minimum Gasteiger partial charge on any atom is -0.327 e. The zero-order valence-corrected chi connectivity index (χ0v) is 9.95. The zero-order valence-electron chi connectivity index (χ0n) is 9.14. The minimum atomic E-state index is 0.983. The molecule has 16 heavy (non-hydrogen) atoms. The van der Waals surface area contributed by atoms with Gasteiger partial charge in [0.2, 0.25) is 0 Å². The molecule has 1 aromatic carbocycles. The second-order valence-electron chi connectivity index (χ2n) is 3.84. The second-order valence-corrected chi connectivity index (χ2v) is 4.93. The van der Waals surface area contributed by atoms with Gasteiger partial charge < -0.3 is 4.90 Å². The van der Waals surface area contributed by atoms with Gasteiger partial charge in [-0.1, -0.05) is 17.8 Å². The van der Waals surface area contributed by atoms with Gasteiger partial charge in [0.25, 0.3) is 0 Å². The fourth-order valence-corrected chi connectivity index (χ4v) is 3.03. The molecule has 0 atom stereocenters. The number of benzene rings is 1. The first kappa shape index (κ1) is 9.66. The number of nitrogens with zero attached hydrogens (tertiary/aromatic N) is 3. The zero-order chi connectivity index (χ0) is 11.1. The smallest absolute Gasteiger partial charge is 0.150 e. The van der Waals surface area contributed by atoms with E-state index in [1.807, 2.05) is 13.2 Å². The Labute approximate surface area is 98.5 Å². The van der Waals surface area contributed by atoms with Gasteiger partial charge in [-0.25, -0.2) is 9.97 Å². The lowest BCUT2D eigenvalue weighted by atomic mass is 10.2. The molecule has 0 N–H and O–H groups in total. The van der Waals surface area contributed by atoms with Crippen LogP contribution in [-0.4, -0.2) is 17.0 Å². The van der Waals surface area contributed by atoms with Crippen molar-refractivity contribution in [2.45, 2.75) is 16.7 Å². The predicted octanol–water partition coefficient (Wildman–Crippen LogP) is 3.02. The molecule has 0 spiro atoms. The molecule has 0 bridgehead atoms. The summed E-state index contributed by atoms with van der Waals surface area (Å²) in [6.45, 7) is 2.11. The molecule has 2 heterocycles. The Balaban J connectivity index is 2.18. The maximum absolute atomic E-state index is 4.32. The lowest BCUT2D eigenvalue weighted by Crippen LogP contribution is -2.16. The fourth-order valence-electron chi connectivity index (χ4n) is 1.85. The van der Waals surface area contributed by atoms with Crippen LogP contribution in [0.2, 0.25) is 0 Å². The molecule has 0 fully saturated rings. The number of anilines is 2. The number of hydrogen-bond donors (Lipinski definition) is 0. The molecule has 0 saturated heterocycles. The van der Waals surface area contributed by atoms with Crippen LogP contribution in [-0.2, 0) is 0 Å². The molecule has 0 radical (unpaired) electrons. The van der Waals surface area contributed by atoms with Crippen molar-refractivity contribution in [2.75, 3.05) is 11.9 Å². The SMILES string of the molecule is Cc1ccc2c(c1)Sc1cncnc1N2C. The molecule has 3 rings (SSSR count). The Hall–Kier alpha value is -1.55. The highest BCUT2D eigenvalue weighted by atomic mass is 32.2.